The summed E-state index contributed by atoms with van der Waals surface area (Å²) >= 11 is 0. The zero-order valence-electron chi connectivity index (χ0n) is 8.06. The molecule has 0 amide bonds. The summed E-state index contributed by atoms with van der Waals surface area (Å²) in [6.45, 7) is 0. The lowest BCUT2D eigenvalue weighted by molar-refractivity contribution is -0.461. The van der Waals surface area contributed by atoms with Gasteiger partial charge in [0.1, 0.15) is 5.75 Å². The zero-order valence-corrected chi connectivity index (χ0v) is 8.06. The van der Waals surface area contributed by atoms with Crippen LogP contribution in [-0.4, -0.2) is 13.3 Å². The molecule has 7 heteroatoms. The summed E-state index contributed by atoms with van der Waals surface area (Å²) in [6, 6.07) is 3.37. The van der Waals surface area contributed by atoms with Gasteiger partial charge in [0.25, 0.3) is 0 Å². The van der Waals surface area contributed by atoms with E-state index in [2.05, 4.69) is 14.8 Å². The van der Waals surface area contributed by atoms with E-state index in [4.69, 9.17) is 0 Å². The summed E-state index contributed by atoms with van der Waals surface area (Å²) in [5.41, 5.74) is -0.388. The van der Waals surface area contributed by atoms with Gasteiger partial charge in [-0.2, -0.15) is 8.78 Å². The van der Waals surface area contributed by atoms with Crippen molar-refractivity contribution in [3.8, 4) is 5.75 Å². The van der Waals surface area contributed by atoms with Crippen molar-refractivity contribution in [3.05, 3.63) is 23.8 Å². The number of ether oxygens (including phenoxy) is 2. The second-order valence-electron chi connectivity index (χ2n) is 3.15. The fraction of sp³-hybridized carbons (Fsp3) is 0.333. The van der Waals surface area contributed by atoms with E-state index in [-0.39, 0.29) is 0 Å². The molecular formula is C9H7F4NO2. The molecule has 0 saturated carbocycles. The van der Waals surface area contributed by atoms with Crippen molar-refractivity contribution in [2.75, 3.05) is 12.4 Å². The molecule has 0 fully saturated rings. The Labute approximate surface area is 88.0 Å². The van der Waals surface area contributed by atoms with Crippen LogP contribution in [0.1, 0.15) is 5.56 Å². The number of hydrogen-bond acceptors (Lipinski definition) is 3. The molecule has 0 unspecified atom stereocenters. The maximum absolute atomic E-state index is 13.2. The minimum Gasteiger partial charge on any atom is -0.409 e. The number of fused-ring (bicyclic) bond motifs is 1. The number of rotatable bonds is 1. The van der Waals surface area contributed by atoms with E-state index in [9.17, 15) is 17.6 Å². The van der Waals surface area contributed by atoms with Gasteiger partial charge >= 0.3 is 12.4 Å². The number of benzene rings is 1. The number of nitrogens with one attached hydrogen (secondary N) is 1. The average molecular weight is 237 g/mol. The Hall–Kier alpha value is -1.50. The van der Waals surface area contributed by atoms with E-state index in [0.717, 1.165) is 12.1 Å². The van der Waals surface area contributed by atoms with Gasteiger partial charge in [-0.05, 0) is 18.2 Å². The van der Waals surface area contributed by atoms with E-state index < -0.39 is 23.7 Å². The molecule has 0 spiro atoms. The van der Waals surface area contributed by atoms with Crippen LogP contribution in [0.3, 0.4) is 0 Å². The van der Waals surface area contributed by atoms with Crippen molar-refractivity contribution in [2.45, 2.75) is 12.4 Å². The van der Waals surface area contributed by atoms with Gasteiger partial charge in [-0.25, -0.2) is 4.74 Å². The van der Waals surface area contributed by atoms with E-state index in [1.54, 1.807) is 0 Å². The molecule has 3 nitrogen and oxygen atoms in total. The quantitative estimate of drug-likeness (QED) is 0.762. The molecule has 16 heavy (non-hydrogen) atoms. The Morgan fingerprint density at radius 3 is 2.50 bits per heavy atom. The number of anilines is 1. The molecule has 88 valence electrons. The van der Waals surface area contributed by atoms with E-state index >= 15 is 0 Å². The van der Waals surface area contributed by atoms with E-state index in [1.807, 2.05) is 0 Å². The smallest absolute Gasteiger partial charge is 0.409 e. The van der Waals surface area contributed by atoms with Crippen LogP contribution in [0.2, 0.25) is 0 Å². The molecule has 1 N–H and O–H groups in total. The zero-order chi connectivity index (χ0) is 12.0. The van der Waals surface area contributed by atoms with Crippen LogP contribution in [-0.2, 0) is 10.8 Å². The van der Waals surface area contributed by atoms with Crippen LogP contribution in [0.4, 0.5) is 23.2 Å². The highest BCUT2D eigenvalue weighted by Crippen LogP contribution is 2.46. The third kappa shape index (κ3) is 1.78. The fourth-order valence-electron chi connectivity index (χ4n) is 1.35. The van der Waals surface area contributed by atoms with Crippen LogP contribution in [0.15, 0.2) is 18.2 Å². The van der Waals surface area contributed by atoms with Gasteiger partial charge in [-0.3, -0.25) is 0 Å². The molecule has 1 aliphatic rings. The first-order valence-corrected chi connectivity index (χ1v) is 4.31. The molecule has 1 aliphatic heterocycles. The first kappa shape index (κ1) is 11.0. The molecule has 0 saturated heterocycles. The van der Waals surface area contributed by atoms with Gasteiger partial charge in [0.15, 0.2) is 0 Å². The highest BCUT2D eigenvalue weighted by molar-refractivity contribution is 5.52. The molecule has 0 aromatic heterocycles. The lowest BCUT2D eigenvalue weighted by atomic mass is 10.1. The molecule has 0 radical (unpaired) electrons. The van der Waals surface area contributed by atoms with Crippen molar-refractivity contribution in [1.29, 1.82) is 0 Å². The van der Waals surface area contributed by atoms with Crippen LogP contribution in [0, 0.1) is 0 Å². The molecule has 0 atom stereocenters. The SMILES string of the molecule is CNc1ccc2c(c1)C(F)(F)OC(F)(F)O2. The van der Waals surface area contributed by atoms with Crippen molar-refractivity contribution in [1.82, 2.24) is 0 Å². The van der Waals surface area contributed by atoms with Gasteiger partial charge in [0.05, 0.1) is 5.56 Å². The predicted octanol–water partition coefficient (Wildman–Crippen LogP) is 2.74. The molecule has 2 rings (SSSR count). The van der Waals surface area contributed by atoms with Crippen molar-refractivity contribution >= 4 is 5.69 Å². The maximum atomic E-state index is 13.2. The van der Waals surface area contributed by atoms with E-state index in [0.29, 0.717) is 5.69 Å². The third-order valence-corrected chi connectivity index (χ3v) is 2.06. The van der Waals surface area contributed by atoms with Gasteiger partial charge in [0, 0.05) is 12.7 Å². The largest absolute Gasteiger partial charge is 0.540 e. The molecule has 0 bridgehead atoms. The van der Waals surface area contributed by atoms with Crippen LogP contribution < -0.4 is 10.1 Å². The Balaban J connectivity index is 2.51. The summed E-state index contributed by atoms with van der Waals surface area (Å²) in [5, 5.41) is 2.60. The normalized spacial score (nSPS) is 20.8. The summed E-state index contributed by atoms with van der Waals surface area (Å²) in [6.07, 6.45) is -8.40. The Morgan fingerprint density at radius 2 is 1.88 bits per heavy atom. The molecule has 1 aromatic carbocycles. The van der Waals surface area contributed by atoms with Gasteiger partial charge in [-0.1, -0.05) is 0 Å². The molecular weight excluding hydrogens is 230 g/mol. The summed E-state index contributed by atoms with van der Waals surface area (Å²) < 4.78 is 58.9. The minimum atomic E-state index is -4.32. The fourth-order valence-corrected chi connectivity index (χ4v) is 1.35. The lowest BCUT2D eigenvalue weighted by Gasteiger charge is -2.30. The van der Waals surface area contributed by atoms with Crippen molar-refractivity contribution in [3.63, 3.8) is 0 Å². The lowest BCUT2D eigenvalue weighted by Crippen LogP contribution is -2.41. The predicted molar refractivity (Wildman–Crippen MR) is 46.5 cm³/mol. The van der Waals surface area contributed by atoms with Gasteiger partial charge in [-0.15, -0.1) is 8.78 Å². The molecule has 0 aliphatic carbocycles. The maximum Gasteiger partial charge on any atom is 0.540 e. The van der Waals surface area contributed by atoms with Gasteiger partial charge in [0.2, 0.25) is 0 Å². The average Bonchev–Trinajstić information content (AvgIpc) is 2.14. The van der Waals surface area contributed by atoms with Crippen molar-refractivity contribution in [2.24, 2.45) is 0 Å². The van der Waals surface area contributed by atoms with Crippen molar-refractivity contribution < 1.29 is 27.0 Å². The Bertz CT molecular complexity index is 422. The van der Waals surface area contributed by atoms with Crippen LogP contribution >= 0.6 is 0 Å². The summed E-state index contributed by atoms with van der Waals surface area (Å²) in [4.78, 5) is 0. The van der Waals surface area contributed by atoms with Gasteiger partial charge < -0.3 is 10.1 Å². The first-order chi connectivity index (χ1) is 7.34. The number of alkyl halides is 4. The number of hydrogen-bond donors (Lipinski definition) is 1. The Morgan fingerprint density at radius 1 is 1.19 bits per heavy atom. The summed E-state index contributed by atoms with van der Waals surface area (Å²) in [5.74, 6) is -0.597. The number of halogens is 4. The van der Waals surface area contributed by atoms with E-state index in [1.165, 1.54) is 13.1 Å². The second-order valence-corrected chi connectivity index (χ2v) is 3.15. The first-order valence-electron chi connectivity index (χ1n) is 4.31. The molecule has 1 aromatic rings. The minimum absolute atomic E-state index is 0.343. The second kappa shape index (κ2) is 3.24. The van der Waals surface area contributed by atoms with Crippen LogP contribution in [0.5, 0.6) is 5.75 Å². The highest BCUT2D eigenvalue weighted by atomic mass is 19.3. The highest BCUT2D eigenvalue weighted by Gasteiger charge is 2.54. The third-order valence-electron chi connectivity index (χ3n) is 2.06. The standard InChI is InChI=1S/C9H7F4NO2/c1-14-5-2-3-7-6(4-5)8(10,11)16-9(12,13)15-7/h2-4,14H,1H3. The molecule has 1 heterocycles. The monoisotopic (exact) mass is 237 g/mol. The van der Waals surface area contributed by atoms with Crippen LogP contribution in [0.25, 0.3) is 0 Å². The Kier molecular flexibility index (Phi) is 2.23. The summed E-state index contributed by atoms with van der Waals surface area (Å²) in [7, 11) is 1.51. The topological polar surface area (TPSA) is 30.5 Å².